The molecule has 3 rings (SSSR count). The summed E-state index contributed by atoms with van der Waals surface area (Å²) in [5, 5.41) is 10.3. The van der Waals surface area contributed by atoms with Crippen LogP contribution in [0.2, 0.25) is 0 Å². The van der Waals surface area contributed by atoms with Gasteiger partial charge in [0.2, 0.25) is 5.13 Å². The minimum absolute atomic E-state index is 0.116. The van der Waals surface area contributed by atoms with Gasteiger partial charge in [-0.1, -0.05) is 31.3 Å². The van der Waals surface area contributed by atoms with Crippen molar-refractivity contribution in [1.82, 2.24) is 15.2 Å². The second-order valence-corrected chi connectivity index (χ2v) is 8.39. The molecule has 22 heavy (non-hydrogen) atoms. The van der Waals surface area contributed by atoms with Crippen molar-refractivity contribution >= 4 is 27.3 Å². The van der Waals surface area contributed by atoms with Crippen LogP contribution in [0.1, 0.15) is 26.7 Å². The molecule has 1 atom stereocenters. The third-order valence-corrected chi connectivity index (χ3v) is 7.60. The number of anilines is 1. The number of pyridine rings is 1. The first-order chi connectivity index (χ1) is 10.7. The van der Waals surface area contributed by atoms with E-state index in [1.165, 1.54) is 0 Å². The molecular formula is C15H20N4OS2. The molecule has 1 aliphatic heterocycles. The molecule has 0 radical (unpaired) electrons. The zero-order chi connectivity index (χ0) is 15.6. The third-order valence-electron chi connectivity index (χ3n) is 4.37. The van der Waals surface area contributed by atoms with Crippen LogP contribution < -0.4 is 4.90 Å². The van der Waals surface area contributed by atoms with E-state index in [1.807, 2.05) is 18.2 Å². The van der Waals surface area contributed by atoms with Crippen molar-refractivity contribution in [3.05, 3.63) is 24.4 Å². The molecule has 1 unspecified atom stereocenters. The molecule has 1 fully saturated rings. The fourth-order valence-corrected chi connectivity index (χ4v) is 5.41. The fraction of sp³-hybridized carbons (Fsp3) is 0.533. The van der Waals surface area contributed by atoms with Gasteiger partial charge in [-0.25, -0.2) is 0 Å². The van der Waals surface area contributed by atoms with Crippen LogP contribution in [0.5, 0.6) is 0 Å². The zero-order valence-electron chi connectivity index (χ0n) is 12.9. The Morgan fingerprint density at radius 1 is 1.32 bits per heavy atom. The van der Waals surface area contributed by atoms with Crippen molar-refractivity contribution in [3.8, 4) is 10.7 Å². The maximum absolute atomic E-state index is 12.4. The highest BCUT2D eigenvalue weighted by atomic mass is 32.2. The van der Waals surface area contributed by atoms with E-state index in [0.29, 0.717) is 5.75 Å². The molecule has 0 aliphatic carbocycles. The first kappa shape index (κ1) is 15.6. The van der Waals surface area contributed by atoms with Crippen LogP contribution in [-0.4, -0.2) is 43.0 Å². The van der Waals surface area contributed by atoms with Crippen LogP contribution in [0.3, 0.4) is 0 Å². The lowest BCUT2D eigenvalue weighted by Gasteiger charge is -2.40. The van der Waals surface area contributed by atoms with Gasteiger partial charge in [0.05, 0.1) is 4.75 Å². The smallest absolute Gasteiger partial charge is 0.208 e. The van der Waals surface area contributed by atoms with Gasteiger partial charge < -0.3 is 4.90 Å². The van der Waals surface area contributed by atoms with E-state index < -0.39 is 10.8 Å². The zero-order valence-corrected chi connectivity index (χ0v) is 14.5. The maximum atomic E-state index is 12.4. The summed E-state index contributed by atoms with van der Waals surface area (Å²) in [5.41, 5.74) is 0.851. The average Bonchev–Trinajstić information content (AvgIpc) is 3.06. The van der Waals surface area contributed by atoms with Gasteiger partial charge in [-0.2, -0.15) is 0 Å². The molecule has 1 aliphatic rings. The van der Waals surface area contributed by atoms with Gasteiger partial charge in [0.1, 0.15) is 5.69 Å². The molecule has 2 aromatic heterocycles. The van der Waals surface area contributed by atoms with E-state index in [9.17, 15) is 4.21 Å². The van der Waals surface area contributed by atoms with Gasteiger partial charge in [-0.3, -0.25) is 9.19 Å². The molecular weight excluding hydrogens is 316 g/mol. The molecule has 3 heterocycles. The van der Waals surface area contributed by atoms with E-state index >= 15 is 0 Å². The third kappa shape index (κ3) is 2.79. The average molecular weight is 336 g/mol. The van der Waals surface area contributed by atoms with Gasteiger partial charge >= 0.3 is 0 Å². The van der Waals surface area contributed by atoms with Crippen molar-refractivity contribution in [3.63, 3.8) is 0 Å². The lowest BCUT2D eigenvalue weighted by molar-refractivity contribution is 0.495. The monoisotopic (exact) mass is 336 g/mol. The summed E-state index contributed by atoms with van der Waals surface area (Å²) in [6, 6.07) is 5.78. The Morgan fingerprint density at radius 3 is 2.82 bits per heavy atom. The predicted molar refractivity (Wildman–Crippen MR) is 91.7 cm³/mol. The van der Waals surface area contributed by atoms with E-state index in [-0.39, 0.29) is 4.75 Å². The van der Waals surface area contributed by atoms with Crippen molar-refractivity contribution in [2.75, 3.05) is 23.7 Å². The van der Waals surface area contributed by atoms with E-state index in [0.717, 1.165) is 41.8 Å². The highest BCUT2D eigenvalue weighted by molar-refractivity contribution is 7.86. The molecule has 0 aromatic carbocycles. The minimum Gasteiger partial charge on any atom is -0.344 e. The number of aromatic nitrogens is 3. The van der Waals surface area contributed by atoms with Crippen LogP contribution >= 0.6 is 11.3 Å². The van der Waals surface area contributed by atoms with Crippen molar-refractivity contribution < 1.29 is 4.21 Å². The molecule has 0 N–H and O–H groups in total. The SMILES string of the molecule is CCC1(CC)CN(c2nnc(-c3ccccn3)s2)CCS1=O. The van der Waals surface area contributed by atoms with Gasteiger partial charge in [0, 0.05) is 35.8 Å². The van der Waals surface area contributed by atoms with Crippen LogP contribution in [0.25, 0.3) is 10.7 Å². The van der Waals surface area contributed by atoms with Crippen LogP contribution in [0.15, 0.2) is 24.4 Å². The molecule has 0 saturated carbocycles. The summed E-state index contributed by atoms with van der Waals surface area (Å²) in [7, 11) is -0.758. The van der Waals surface area contributed by atoms with Crippen LogP contribution in [0.4, 0.5) is 5.13 Å². The van der Waals surface area contributed by atoms with Crippen LogP contribution in [-0.2, 0) is 10.8 Å². The molecule has 118 valence electrons. The maximum Gasteiger partial charge on any atom is 0.208 e. The lowest BCUT2D eigenvalue weighted by Crippen LogP contribution is -2.53. The number of hydrogen-bond donors (Lipinski definition) is 0. The van der Waals surface area contributed by atoms with Gasteiger partial charge in [-0.15, -0.1) is 10.2 Å². The minimum atomic E-state index is -0.758. The van der Waals surface area contributed by atoms with Crippen LogP contribution in [0, 0.1) is 0 Å². The molecule has 0 bridgehead atoms. The second kappa shape index (κ2) is 6.42. The van der Waals surface area contributed by atoms with Crippen molar-refractivity contribution in [2.45, 2.75) is 31.4 Å². The Bertz CT molecular complexity index is 655. The van der Waals surface area contributed by atoms with Gasteiger partial charge in [0.15, 0.2) is 5.01 Å². The highest BCUT2D eigenvalue weighted by Crippen LogP contribution is 2.34. The highest BCUT2D eigenvalue weighted by Gasteiger charge is 2.39. The first-order valence-electron chi connectivity index (χ1n) is 7.57. The van der Waals surface area contributed by atoms with E-state index in [2.05, 4.69) is 33.9 Å². The number of nitrogens with zero attached hydrogens (tertiary/aromatic N) is 4. The number of hydrogen-bond acceptors (Lipinski definition) is 6. The molecule has 0 spiro atoms. The number of rotatable bonds is 4. The fourth-order valence-electron chi connectivity index (χ4n) is 2.80. The van der Waals surface area contributed by atoms with Crippen molar-refractivity contribution in [2.24, 2.45) is 0 Å². The standard InChI is InChI=1S/C15H20N4OS2/c1-3-15(4-2)11-19(9-10-22(15)20)14-18-17-13(21-14)12-7-5-6-8-16-12/h5-8H,3-4,9-11H2,1-2H3. The van der Waals surface area contributed by atoms with E-state index in [4.69, 9.17) is 0 Å². The molecule has 5 nitrogen and oxygen atoms in total. The molecule has 2 aromatic rings. The normalized spacial score (nSPS) is 21.0. The summed E-state index contributed by atoms with van der Waals surface area (Å²) in [6.07, 6.45) is 3.62. The van der Waals surface area contributed by atoms with Gasteiger partial charge in [-0.05, 0) is 25.0 Å². The topological polar surface area (TPSA) is 59.0 Å². The lowest BCUT2D eigenvalue weighted by atomic mass is 10.0. The summed E-state index contributed by atoms with van der Waals surface area (Å²) in [5.74, 6) is 0.709. The Hall–Kier alpha value is -1.34. The second-order valence-electron chi connectivity index (χ2n) is 5.47. The first-order valence-corrected chi connectivity index (χ1v) is 9.70. The molecule has 7 heteroatoms. The van der Waals surface area contributed by atoms with Gasteiger partial charge in [0.25, 0.3) is 0 Å². The molecule has 0 amide bonds. The summed E-state index contributed by atoms with van der Waals surface area (Å²) in [4.78, 5) is 6.56. The molecule has 1 saturated heterocycles. The summed E-state index contributed by atoms with van der Waals surface area (Å²) in [6.45, 7) is 5.84. The Morgan fingerprint density at radius 2 is 2.14 bits per heavy atom. The summed E-state index contributed by atoms with van der Waals surface area (Å²) < 4.78 is 12.3. The Balaban J connectivity index is 1.83. The Labute approximate surface area is 137 Å². The Kier molecular flexibility index (Phi) is 4.54. The predicted octanol–water partition coefficient (Wildman–Crippen LogP) is 2.73. The largest absolute Gasteiger partial charge is 0.344 e. The van der Waals surface area contributed by atoms with E-state index in [1.54, 1.807) is 17.5 Å². The quantitative estimate of drug-likeness (QED) is 0.859. The summed E-state index contributed by atoms with van der Waals surface area (Å²) >= 11 is 1.56. The van der Waals surface area contributed by atoms with Crippen molar-refractivity contribution in [1.29, 1.82) is 0 Å².